The number of anilines is 1. The largest absolute Gasteiger partial charge is 0.508 e. The summed E-state index contributed by atoms with van der Waals surface area (Å²) >= 11 is 0. The highest BCUT2D eigenvalue weighted by Crippen LogP contribution is 2.30. The number of phenols is 1. The Bertz CT molecular complexity index is 1220. The number of para-hydroxylation sites is 1. The van der Waals surface area contributed by atoms with Crippen molar-refractivity contribution in [3.05, 3.63) is 95.7 Å². The predicted molar refractivity (Wildman–Crippen MR) is 127 cm³/mol. The summed E-state index contributed by atoms with van der Waals surface area (Å²) in [4.78, 5) is 17.6. The normalized spacial score (nSPS) is 10.8. The molecule has 4 aromatic rings. The number of aryl methyl sites for hydroxylation is 1. The molecule has 0 aliphatic heterocycles. The fourth-order valence-corrected chi connectivity index (χ4v) is 3.58. The second-order valence-electron chi connectivity index (χ2n) is 7.69. The molecule has 3 aromatic carbocycles. The highest BCUT2D eigenvalue weighted by molar-refractivity contribution is 6.09. The van der Waals surface area contributed by atoms with Gasteiger partial charge in [0.15, 0.2) is 0 Å². The summed E-state index contributed by atoms with van der Waals surface area (Å²) in [6, 6.07) is 22.6. The average Bonchev–Trinajstić information content (AvgIpc) is 2.82. The molecule has 5 nitrogen and oxygen atoms in total. The minimum atomic E-state index is -0.341. The van der Waals surface area contributed by atoms with Crippen molar-refractivity contribution in [1.82, 2.24) is 4.98 Å². The lowest BCUT2D eigenvalue weighted by molar-refractivity contribution is 0.102. The Kier molecular flexibility index (Phi) is 6.66. The van der Waals surface area contributed by atoms with Gasteiger partial charge in [-0.05, 0) is 42.2 Å². The van der Waals surface area contributed by atoms with E-state index in [0.717, 1.165) is 41.3 Å². The maximum absolute atomic E-state index is 13.1. The van der Waals surface area contributed by atoms with E-state index in [4.69, 9.17) is 4.74 Å². The summed E-state index contributed by atoms with van der Waals surface area (Å²) in [6.45, 7) is 2.45. The van der Waals surface area contributed by atoms with Gasteiger partial charge in [-0.15, -0.1) is 0 Å². The molecule has 0 atom stereocenters. The lowest BCUT2D eigenvalue weighted by Gasteiger charge is -2.15. The first-order valence-electron chi connectivity index (χ1n) is 10.8. The van der Waals surface area contributed by atoms with Crippen molar-refractivity contribution < 1.29 is 14.6 Å². The van der Waals surface area contributed by atoms with Crippen LogP contribution in [-0.4, -0.2) is 16.0 Å². The van der Waals surface area contributed by atoms with Gasteiger partial charge in [-0.1, -0.05) is 61.9 Å². The van der Waals surface area contributed by atoms with E-state index in [1.165, 1.54) is 6.20 Å². The number of nitrogens with zero attached hydrogens (tertiary/aromatic N) is 1. The van der Waals surface area contributed by atoms with Gasteiger partial charge in [-0.2, -0.15) is 0 Å². The summed E-state index contributed by atoms with van der Waals surface area (Å²) in [7, 11) is 0. The third kappa shape index (κ3) is 4.89. The number of ether oxygens (including phenoxy) is 1. The Morgan fingerprint density at radius 3 is 2.59 bits per heavy atom. The molecule has 0 saturated heterocycles. The molecule has 0 unspecified atom stereocenters. The number of phenolic OH excluding ortho intramolecular Hbond substituents is 1. The molecule has 1 heterocycles. The van der Waals surface area contributed by atoms with Crippen LogP contribution in [0.4, 0.5) is 5.69 Å². The zero-order valence-electron chi connectivity index (χ0n) is 18.0. The van der Waals surface area contributed by atoms with Crippen LogP contribution >= 0.6 is 0 Å². The number of hydrogen-bond acceptors (Lipinski definition) is 4. The lowest BCUT2D eigenvalue weighted by Crippen LogP contribution is -2.14. The molecule has 0 radical (unpaired) electrons. The maximum atomic E-state index is 13.1. The number of hydrogen-bond donors (Lipinski definition) is 2. The zero-order chi connectivity index (χ0) is 22.3. The molecule has 1 amide bonds. The molecular weight excluding hydrogens is 400 g/mol. The van der Waals surface area contributed by atoms with E-state index in [2.05, 4.69) is 17.2 Å². The molecule has 5 heteroatoms. The van der Waals surface area contributed by atoms with Crippen LogP contribution < -0.4 is 10.1 Å². The molecule has 162 valence electrons. The van der Waals surface area contributed by atoms with Crippen LogP contribution in [0.2, 0.25) is 0 Å². The quantitative estimate of drug-likeness (QED) is 0.356. The Morgan fingerprint density at radius 1 is 1.03 bits per heavy atom. The van der Waals surface area contributed by atoms with Crippen LogP contribution in [0.5, 0.6) is 11.5 Å². The van der Waals surface area contributed by atoms with Gasteiger partial charge in [0.05, 0.1) is 5.52 Å². The molecule has 0 aliphatic carbocycles. The zero-order valence-corrected chi connectivity index (χ0v) is 18.0. The number of amides is 1. The van der Waals surface area contributed by atoms with Crippen LogP contribution in [0.1, 0.15) is 41.3 Å². The number of benzene rings is 3. The second kappa shape index (κ2) is 9.96. The summed E-state index contributed by atoms with van der Waals surface area (Å²) in [5.74, 6) is 0.334. The number of pyridine rings is 1. The number of rotatable bonds is 8. The Labute approximate surface area is 187 Å². The van der Waals surface area contributed by atoms with Crippen LogP contribution in [0.15, 0.2) is 79.0 Å². The third-order valence-electron chi connectivity index (χ3n) is 5.34. The van der Waals surface area contributed by atoms with E-state index in [-0.39, 0.29) is 11.7 Å². The van der Waals surface area contributed by atoms with E-state index < -0.39 is 0 Å². The monoisotopic (exact) mass is 426 g/mol. The molecule has 32 heavy (non-hydrogen) atoms. The number of carbonyl (C=O) groups excluding carboxylic acids is 1. The fourth-order valence-electron chi connectivity index (χ4n) is 3.58. The van der Waals surface area contributed by atoms with Crippen molar-refractivity contribution in [1.29, 1.82) is 0 Å². The first kappa shape index (κ1) is 21.4. The standard InChI is InChI=1S/C27H26N2O3/c1-2-3-11-20-14-15-21(16-25(20)30)29-27(31)23-17-28-24-13-8-7-12-22(24)26(23)32-18-19-9-5-4-6-10-19/h4-10,12-17,30H,2-3,11,18H2,1H3,(H,29,31). The molecular formula is C27H26N2O3. The number of nitrogens with one attached hydrogen (secondary N) is 1. The topological polar surface area (TPSA) is 71.5 Å². The van der Waals surface area contributed by atoms with Gasteiger partial charge in [0.25, 0.3) is 5.91 Å². The average molecular weight is 427 g/mol. The van der Waals surface area contributed by atoms with E-state index in [9.17, 15) is 9.90 Å². The summed E-state index contributed by atoms with van der Waals surface area (Å²) in [5, 5.41) is 14.0. The van der Waals surface area contributed by atoms with Gasteiger partial charge in [0.2, 0.25) is 0 Å². The number of aromatic nitrogens is 1. The van der Waals surface area contributed by atoms with Gasteiger partial charge in [-0.3, -0.25) is 9.78 Å². The minimum absolute atomic E-state index is 0.188. The number of fused-ring (bicyclic) bond motifs is 1. The van der Waals surface area contributed by atoms with Gasteiger partial charge < -0.3 is 15.2 Å². The highest BCUT2D eigenvalue weighted by Gasteiger charge is 2.18. The van der Waals surface area contributed by atoms with Gasteiger partial charge in [-0.25, -0.2) is 0 Å². The van der Waals surface area contributed by atoms with Crippen molar-refractivity contribution in [2.75, 3.05) is 5.32 Å². The van der Waals surface area contributed by atoms with Crippen LogP contribution in [-0.2, 0) is 13.0 Å². The molecule has 4 rings (SSSR count). The van der Waals surface area contributed by atoms with Crippen molar-refractivity contribution in [2.45, 2.75) is 32.8 Å². The molecule has 1 aromatic heterocycles. The Morgan fingerprint density at radius 2 is 1.81 bits per heavy atom. The van der Waals surface area contributed by atoms with E-state index in [1.54, 1.807) is 6.07 Å². The molecule has 0 fully saturated rings. The van der Waals surface area contributed by atoms with Crippen molar-refractivity contribution in [3.8, 4) is 11.5 Å². The summed E-state index contributed by atoms with van der Waals surface area (Å²) in [6.07, 6.45) is 4.40. The fraction of sp³-hybridized carbons (Fsp3) is 0.185. The van der Waals surface area contributed by atoms with E-state index >= 15 is 0 Å². The van der Waals surface area contributed by atoms with Gasteiger partial charge >= 0.3 is 0 Å². The SMILES string of the molecule is CCCCc1ccc(NC(=O)c2cnc3ccccc3c2OCc2ccccc2)cc1O. The molecule has 0 spiro atoms. The van der Waals surface area contributed by atoms with E-state index in [1.807, 2.05) is 66.7 Å². The number of unbranched alkanes of at least 4 members (excludes halogenated alkanes) is 1. The molecule has 0 bridgehead atoms. The lowest BCUT2D eigenvalue weighted by atomic mass is 10.1. The van der Waals surface area contributed by atoms with Crippen molar-refractivity contribution >= 4 is 22.5 Å². The highest BCUT2D eigenvalue weighted by atomic mass is 16.5. The van der Waals surface area contributed by atoms with Crippen molar-refractivity contribution in [3.63, 3.8) is 0 Å². The maximum Gasteiger partial charge on any atom is 0.261 e. The van der Waals surface area contributed by atoms with Gasteiger partial charge in [0.1, 0.15) is 23.7 Å². The van der Waals surface area contributed by atoms with Crippen LogP contribution in [0.3, 0.4) is 0 Å². The molecule has 0 saturated carbocycles. The van der Waals surface area contributed by atoms with Crippen LogP contribution in [0, 0.1) is 0 Å². The first-order valence-corrected chi connectivity index (χ1v) is 10.8. The summed E-state index contributed by atoms with van der Waals surface area (Å²) in [5.41, 5.74) is 3.51. The number of carbonyl (C=O) groups is 1. The van der Waals surface area contributed by atoms with Gasteiger partial charge in [0, 0.05) is 23.3 Å². The first-order chi connectivity index (χ1) is 15.7. The summed E-state index contributed by atoms with van der Waals surface area (Å²) < 4.78 is 6.13. The van der Waals surface area contributed by atoms with Crippen molar-refractivity contribution in [2.24, 2.45) is 0 Å². The molecule has 2 N–H and O–H groups in total. The molecule has 0 aliphatic rings. The minimum Gasteiger partial charge on any atom is -0.508 e. The predicted octanol–water partition coefficient (Wildman–Crippen LogP) is 6.11. The van der Waals surface area contributed by atoms with Crippen LogP contribution in [0.25, 0.3) is 10.9 Å². The van der Waals surface area contributed by atoms with E-state index in [0.29, 0.717) is 23.6 Å². The second-order valence-corrected chi connectivity index (χ2v) is 7.69. The third-order valence-corrected chi connectivity index (χ3v) is 5.34. The smallest absolute Gasteiger partial charge is 0.261 e. The Hall–Kier alpha value is -3.86. The Balaban J connectivity index is 1.61. The number of aromatic hydroxyl groups is 1.